The van der Waals surface area contributed by atoms with E-state index in [-0.39, 0.29) is 12.8 Å². The van der Waals surface area contributed by atoms with Gasteiger partial charge in [-0.25, -0.2) is 9.59 Å². The van der Waals surface area contributed by atoms with Gasteiger partial charge in [-0.1, -0.05) is 66.7 Å². The lowest BCUT2D eigenvalue weighted by Gasteiger charge is -2.24. The van der Waals surface area contributed by atoms with E-state index >= 15 is 0 Å². The molecule has 3 aromatic rings. The first kappa shape index (κ1) is 24.7. The molecule has 0 bridgehead atoms. The number of benzene rings is 3. The molecule has 6 nitrogen and oxygen atoms in total. The largest absolute Gasteiger partial charge is 0.469 e. The Kier molecular flexibility index (Phi) is 9.40. The number of carbonyl (C=O) groups excluding carboxylic acids is 3. The zero-order valence-electron chi connectivity index (χ0n) is 19.1. The third kappa shape index (κ3) is 7.89. The van der Waals surface area contributed by atoms with Crippen LogP contribution in [0.5, 0.6) is 0 Å². The van der Waals surface area contributed by atoms with Crippen LogP contribution in [0, 0.1) is 0 Å². The molecule has 0 saturated heterocycles. The van der Waals surface area contributed by atoms with E-state index in [1.807, 2.05) is 36.4 Å². The lowest BCUT2D eigenvalue weighted by Crippen LogP contribution is -2.30. The van der Waals surface area contributed by atoms with Crippen molar-refractivity contribution in [3.63, 3.8) is 0 Å². The van der Waals surface area contributed by atoms with Gasteiger partial charge in [0.1, 0.15) is 12.2 Å². The summed E-state index contributed by atoms with van der Waals surface area (Å²) in [5.41, 5.74) is 1.89. The summed E-state index contributed by atoms with van der Waals surface area (Å²) in [6.07, 6.45) is -0.205. The number of hydrogen-bond donors (Lipinski definition) is 0. The molecule has 0 N–H and O–H groups in total. The molecule has 0 radical (unpaired) electrons. The molecule has 0 heterocycles. The molecule has 0 fully saturated rings. The maximum absolute atomic E-state index is 12.7. The van der Waals surface area contributed by atoms with Gasteiger partial charge in [0.2, 0.25) is 0 Å². The summed E-state index contributed by atoms with van der Waals surface area (Å²) in [4.78, 5) is 37.4. The van der Waals surface area contributed by atoms with E-state index in [0.29, 0.717) is 24.0 Å². The Morgan fingerprint density at radius 3 is 1.65 bits per heavy atom. The minimum absolute atomic E-state index is 0.139. The van der Waals surface area contributed by atoms with Crippen molar-refractivity contribution in [1.82, 2.24) is 0 Å². The van der Waals surface area contributed by atoms with Crippen LogP contribution in [-0.4, -0.2) is 37.2 Å². The van der Waals surface area contributed by atoms with E-state index < -0.39 is 30.1 Å². The third-order valence-corrected chi connectivity index (χ3v) is 5.31. The van der Waals surface area contributed by atoms with Gasteiger partial charge in [-0.05, 0) is 42.7 Å². The molecule has 0 aliphatic rings. The molecule has 0 aliphatic heterocycles. The summed E-state index contributed by atoms with van der Waals surface area (Å²) in [5.74, 6) is -1.53. The molecule has 0 saturated carbocycles. The van der Waals surface area contributed by atoms with Gasteiger partial charge in [0.05, 0.1) is 24.7 Å². The Morgan fingerprint density at radius 2 is 1.15 bits per heavy atom. The fraction of sp³-hybridized carbons (Fsp3) is 0.250. The van der Waals surface area contributed by atoms with Crippen LogP contribution in [0.4, 0.5) is 0 Å². The van der Waals surface area contributed by atoms with Crippen molar-refractivity contribution in [2.75, 3.05) is 7.11 Å². The zero-order valence-corrected chi connectivity index (χ0v) is 19.1. The van der Waals surface area contributed by atoms with Crippen molar-refractivity contribution in [1.29, 1.82) is 0 Å². The highest BCUT2D eigenvalue weighted by Crippen LogP contribution is 2.19. The third-order valence-electron chi connectivity index (χ3n) is 5.31. The predicted octanol–water partition coefficient (Wildman–Crippen LogP) is 5.02. The van der Waals surface area contributed by atoms with Crippen LogP contribution in [0.3, 0.4) is 0 Å². The highest BCUT2D eigenvalue weighted by Gasteiger charge is 2.26. The average Bonchev–Trinajstić information content (AvgIpc) is 2.88. The molecule has 6 heteroatoms. The number of aryl methyl sites for hydroxylation is 1. The van der Waals surface area contributed by atoms with E-state index in [1.165, 1.54) is 7.11 Å². The van der Waals surface area contributed by atoms with E-state index in [0.717, 1.165) is 5.56 Å². The van der Waals surface area contributed by atoms with Gasteiger partial charge in [-0.3, -0.25) is 4.79 Å². The average molecular weight is 461 g/mol. The SMILES string of the molecule is COC(=O)C[C@@H](C[C@@H](CCc1ccccc1)OC(=O)c1ccccc1)OC(=O)c1ccccc1. The summed E-state index contributed by atoms with van der Waals surface area (Å²) in [5, 5.41) is 0. The second-order valence-corrected chi connectivity index (χ2v) is 7.83. The lowest BCUT2D eigenvalue weighted by molar-refractivity contribution is -0.143. The molecule has 3 aromatic carbocycles. The number of hydrogen-bond acceptors (Lipinski definition) is 6. The summed E-state index contributed by atoms with van der Waals surface area (Å²) < 4.78 is 16.2. The number of carbonyl (C=O) groups is 3. The second kappa shape index (κ2) is 12.9. The molecule has 3 rings (SSSR count). The summed E-state index contributed by atoms with van der Waals surface area (Å²) in [7, 11) is 1.28. The topological polar surface area (TPSA) is 78.9 Å². The Hall–Kier alpha value is -3.93. The highest BCUT2D eigenvalue weighted by atomic mass is 16.6. The van der Waals surface area contributed by atoms with Gasteiger partial charge in [-0.2, -0.15) is 0 Å². The standard InChI is InChI=1S/C28H28O6/c1-32-26(29)20-25(34-28(31)23-15-9-4-10-16-23)19-24(18-17-21-11-5-2-6-12-21)33-27(30)22-13-7-3-8-14-22/h2-16,24-25H,17-20H2,1H3/t24-,25-/m1/s1. The van der Waals surface area contributed by atoms with Crippen LogP contribution in [0.1, 0.15) is 45.5 Å². The van der Waals surface area contributed by atoms with Crippen molar-refractivity contribution in [3.8, 4) is 0 Å². The highest BCUT2D eigenvalue weighted by molar-refractivity contribution is 5.90. The van der Waals surface area contributed by atoms with Crippen molar-refractivity contribution >= 4 is 17.9 Å². The quantitative estimate of drug-likeness (QED) is 0.295. The van der Waals surface area contributed by atoms with E-state index in [9.17, 15) is 14.4 Å². The Labute approximate surface area is 199 Å². The fourth-order valence-corrected chi connectivity index (χ4v) is 3.52. The molecule has 0 unspecified atom stereocenters. The van der Waals surface area contributed by atoms with Crippen LogP contribution in [0.25, 0.3) is 0 Å². The van der Waals surface area contributed by atoms with Crippen LogP contribution in [0.2, 0.25) is 0 Å². The fourth-order valence-electron chi connectivity index (χ4n) is 3.52. The van der Waals surface area contributed by atoms with E-state index in [2.05, 4.69) is 0 Å². The van der Waals surface area contributed by atoms with Crippen LogP contribution >= 0.6 is 0 Å². The summed E-state index contributed by atoms with van der Waals surface area (Å²) in [6.45, 7) is 0. The zero-order chi connectivity index (χ0) is 24.2. The molecule has 0 aromatic heterocycles. The predicted molar refractivity (Wildman–Crippen MR) is 127 cm³/mol. The maximum Gasteiger partial charge on any atom is 0.338 e. The van der Waals surface area contributed by atoms with Gasteiger partial charge in [0.15, 0.2) is 0 Å². The number of methoxy groups -OCH3 is 1. The van der Waals surface area contributed by atoms with Crippen LogP contribution in [0.15, 0.2) is 91.0 Å². The molecule has 2 atom stereocenters. The molecule has 0 amide bonds. The number of esters is 3. The van der Waals surface area contributed by atoms with E-state index in [1.54, 1.807) is 54.6 Å². The van der Waals surface area contributed by atoms with Gasteiger partial charge >= 0.3 is 17.9 Å². The molecule has 0 aliphatic carbocycles. The minimum Gasteiger partial charge on any atom is -0.469 e. The minimum atomic E-state index is -0.815. The first-order valence-electron chi connectivity index (χ1n) is 11.2. The van der Waals surface area contributed by atoms with E-state index in [4.69, 9.17) is 14.2 Å². The van der Waals surface area contributed by atoms with Crippen molar-refractivity contribution < 1.29 is 28.6 Å². The monoisotopic (exact) mass is 460 g/mol. The Bertz CT molecular complexity index is 1050. The molecule has 34 heavy (non-hydrogen) atoms. The Balaban J connectivity index is 1.75. The Morgan fingerprint density at radius 1 is 0.676 bits per heavy atom. The van der Waals surface area contributed by atoms with Crippen molar-refractivity contribution in [2.24, 2.45) is 0 Å². The second-order valence-electron chi connectivity index (χ2n) is 7.83. The first-order chi connectivity index (χ1) is 16.5. The van der Waals surface area contributed by atoms with Gasteiger partial charge < -0.3 is 14.2 Å². The van der Waals surface area contributed by atoms with Gasteiger partial charge in [-0.15, -0.1) is 0 Å². The first-order valence-corrected chi connectivity index (χ1v) is 11.2. The lowest BCUT2D eigenvalue weighted by atomic mass is 10.0. The molecular formula is C28H28O6. The molecule has 0 spiro atoms. The normalized spacial score (nSPS) is 12.3. The number of ether oxygens (including phenoxy) is 3. The maximum atomic E-state index is 12.7. The van der Waals surface area contributed by atoms with Gasteiger partial charge in [0.25, 0.3) is 0 Å². The van der Waals surface area contributed by atoms with Crippen molar-refractivity contribution in [3.05, 3.63) is 108 Å². The molecular weight excluding hydrogens is 432 g/mol. The van der Waals surface area contributed by atoms with Crippen LogP contribution < -0.4 is 0 Å². The molecule has 176 valence electrons. The summed E-state index contributed by atoms with van der Waals surface area (Å²) >= 11 is 0. The number of rotatable bonds is 11. The van der Waals surface area contributed by atoms with Crippen LogP contribution in [-0.2, 0) is 25.4 Å². The summed E-state index contributed by atoms with van der Waals surface area (Å²) in [6, 6.07) is 27.1. The van der Waals surface area contributed by atoms with Gasteiger partial charge in [0, 0.05) is 6.42 Å². The van der Waals surface area contributed by atoms with Crippen molar-refractivity contribution in [2.45, 2.75) is 37.9 Å². The smallest absolute Gasteiger partial charge is 0.338 e.